The van der Waals surface area contributed by atoms with Crippen molar-refractivity contribution in [3.05, 3.63) is 29.6 Å². The number of aliphatic imine (C=N–C) groups is 1. The van der Waals surface area contributed by atoms with Crippen LogP contribution in [-0.2, 0) is 11.3 Å². The number of anilines is 1. The van der Waals surface area contributed by atoms with Crippen LogP contribution in [-0.4, -0.2) is 80.6 Å². The van der Waals surface area contributed by atoms with Crippen molar-refractivity contribution >= 4 is 17.6 Å². The molecular weight excluding hydrogens is 395 g/mol. The predicted molar refractivity (Wildman–Crippen MR) is 124 cm³/mol. The van der Waals surface area contributed by atoms with E-state index in [0.717, 1.165) is 83.3 Å². The molecule has 31 heavy (non-hydrogen) atoms. The second kappa shape index (κ2) is 11.9. The third-order valence-corrected chi connectivity index (χ3v) is 6.00. The maximum Gasteiger partial charge on any atom is 0.222 e. The van der Waals surface area contributed by atoms with E-state index in [2.05, 4.69) is 32.3 Å². The fourth-order valence-electron chi connectivity index (χ4n) is 4.14. The van der Waals surface area contributed by atoms with Gasteiger partial charge in [-0.25, -0.2) is 9.38 Å². The summed E-state index contributed by atoms with van der Waals surface area (Å²) in [7, 11) is 0. The van der Waals surface area contributed by atoms with Crippen LogP contribution in [0.1, 0.15) is 38.7 Å². The number of hydrogen-bond donors (Lipinski definition) is 2. The Kier molecular flexibility index (Phi) is 8.94. The maximum absolute atomic E-state index is 14.7. The highest BCUT2D eigenvalue weighted by Crippen LogP contribution is 2.22. The zero-order valence-electron chi connectivity index (χ0n) is 19.0. The molecule has 0 saturated carbocycles. The van der Waals surface area contributed by atoms with Crippen LogP contribution in [0.3, 0.4) is 0 Å². The Morgan fingerprint density at radius 1 is 1.13 bits per heavy atom. The summed E-state index contributed by atoms with van der Waals surface area (Å²) in [6, 6.07) is 5.46. The van der Waals surface area contributed by atoms with E-state index in [1.54, 1.807) is 6.07 Å². The number of hydrogen-bond acceptors (Lipinski definition) is 4. The summed E-state index contributed by atoms with van der Waals surface area (Å²) >= 11 is 0. The fourth-order valence-corrected chi connectivity index (χ4v) is 4.14. The van der Waals surface area contributed by atoms with Crippen molar-refractivity contribution in [1.29, 1.82) is 0 Å². The number of likely N-dealkylation sites (tertiary alicyclic amines) is 1. The maximum atomic E-state index is 14.7. The molecule has 1 amide bonds. The lowest BCUT2D eigenvalue weighted by molar-refractivity contribution is -0.127. The van der Waals surface area contributed by atoms with Crippen LogP contribution in [0.5, 0.6) is 0 Å². The van der Waals surface area contributed by atoms with Gasteiger partial charge in [-0.2, -0.15) is 0 Å². The first-order valence-corrected chi connectivity index (χ1v) is 11.7. The minimum absolute atomic E-state index is 0.175. The minimum Gasteiger partial charge on any atom is -0.367 e. The van der Waals surface area contributed by atoms with Crippen LogP contribution in [0.15, 0.2) is 23.2 Å². The molecule has 0 aromatic heterocycles. The van der Waals surface area contributed by atoms with Crippen LogP contribution < -0.4 is 15.5 Å². The minimum atomic E-state index is -0.175. The summed E-state index contributed by atoms with van der Waals surface area (Å²) < 4.78 is 14.7. The molecule has 0 radical (unpaired) electrons. The SMILES string of the molecule is CCNC(=NCc1ccc(N2CCN(CC)CC2)c(F)c1)NCCCN1CCCC1=O. The van der Waals surface area contributed by atoms with Crippen molar-refractivity contribution in [2.45, 2.75) is 39.7 Å². The Hall–Kier alpha value is -2.35. The molecule has 172 valence electrons. The number of guanidine groups is 1. The number of nitrogens with one attached hydrogen (secondary N) is 2. The Balaban J connectivity index is 1.49. The second-order valence-electron chi connectivity index (χ2n) is 8.17. The van der Waals surface area contributed by atoms with Crippen molar-refractivity contribution < 1.29 is 9.18 Å². The molecule has 0 unspecified atom stereocenters. The summed E-state index contributed by atoms with van der Waals surface area (Å²) in [4.78, 5) is 22.7. The number of carbonyl (C=O) groups excluding carboxylic acids is 1. The summed E-state index contributed by atoms with van der Waals surface area (Å²) in [5, 5.41) is 6.54. The third kappa shape index (κ3) is 6.82. The van der Waals surface area contributed by atoms with E-state index >= 15 is 0 Å². The highest BCUT2D eigenvalue weighted by molar-refractivity contribution is 5.80. The molecule has 2 aliphatic rings. The summed E-state index contributed by atoms with van der Waals surface area (Å²) in [5.74, 6) is 0.805. The van der Waals surface area contributed by atoms with Gasteiger partial charge in [0.25, 0.3) is 0 Å². The number of nitrogens with zero attached hydrogens (tertiary/aromatic N) is 4. The van der Waals surface area contributed by atoms with Gasteiger partial charge in [-0.3, -0.25) is 4.79 Å². The van der Waals surface area contributed by atoms with Crippen LogP contribution >= 0.6 is 0 Å². The van der Waals surface area contributed by atoms with Crippen molar-refractivity contribution in [3.8, 4) is 0 Å². The van der Waals surface area contributed by atoms with Crippen molar-refractivity contribution in [2.24, 2.45) is 4.99 Å². The lowest BCUT2D eigenvalue weighted by Crippen LogP contribution is -2.46. The summed E-state index contributed by atoms with van der Waals surface area (Å²) in [6.45, 7) is 12.5. The molecule has 2 fully saturated rings. The van der Waals surface area contributed by atoms with Crippen molar-refractivity contribution in [3.63, 3.8) is 0 Å². The van der Waals surface area contributed by atoms with Gasteiger partial charge >= 0.3 is 0 Å². The molecule has 0 spiro atoms. The van der Waals surface area contributed by atoms with Gasteiger partial charge < -0.3 is 25.3 Å². The molecule has 0 aliphatic carbocycles. The van der Waals surface area contributed by atoms with Gasteiger partial charge in [-0.1, -0.05) is 13.0 Å². The number of piperazine rings is 1. The average molecular weight is 433 g/mol. The highest BCUT2D eigenvalue weighted by atomic mass is 19.1. The van der Waals surface area contributed by atoms with Crippen LogP contribution in [0.4, 0.5) is 10.1 Å². The van der Waals surface area contributed by atoms with E-state index in [0.29, 0.717) is 18.7 Å². The standard InChI is InChI=1S/C23H37FN6O/c1-3-25-23(26-10-6-12-30-11-5-7-22(30)31)27-18-19-8-9-21(20(24)17-19)29-15-13-28(4-2)14-16-29/h8-9,17H,3-7,10-16,18H2,1-2H3,(H2,25,26,27). The summed E-state index contributed by atoms with van der Waals surface area (Å²) in [6.07, 6.45) is 2.53. The topological polar surface area (TPSA) is 63.2 Å². The lowest BCUT2D eigenvalue weighted by Gasteiger charge is -2.35. The Labute approximate surface area is 185 Å². The number of amides is 1. The second-order valence-corrected chi connectivity index (χ2v) is 8.17. The smallest absolute Gasteiger partial charge is 0.222 e. The van der Waals surface area contributed by atoms with E-state index < -0.39 is 0 Å². The molecule has 2 N–H and O–H groups in total. The Morgan fingerprint density at radius 3 is 2.58 bits per heavy atom. The number of halogens is 1. The molecule has 3 rings (SSSR count). The number of rotatable bonds is 9. The number of benzene rings is 1. The van der Waals surface area contributed by atoms with E-state index in [4.69, 9.17) is 0 Å². The molecule has 1 aromatic rings. The normalized spacial score (nSPS) is 18.0. The number of carbonyl (C=O) groups is 1. The monoisotopic (exact) mass is 432 g/mol. The zero-order valence-corrected chi connectivity index (χ0v) is 19.0. The quantitative estimate of drug-likeness (QED) is 0.355. The van der Waals surface area contributed by atoms with E-state index in [9.17, 15) is 9.18 Å². The molecule has 8 heteroatoms. The van der Waals surface area contributed by atoms with Gasteiger partial charge in [-0.15, -0.1) is 0 Å². The van der Waals surface area contributed by atoms with Gasteiger partial charge in [0, 0.05) is 58.8 Å². The fraction of sp³-hybridized carbons (Fsp3) is 0.652. The Bertz CT molecular complexity index is 748. The van der Waals surface area contributed by atoms with Gasteiger partial charge in [-0.05, 0) is 44.0 Å². The van der Waals surface area contributed by atoms with Gasteiger partial charge in [0.15, 0.2) is 5.96 Å². The zero-order chi connectivity index (χ0) is 22.1. The number of likely N-dealkylation sites (N-methyl/N-ethyl adjacent to an activating group) is 1. The molecular formula is C23H37FN6O. The molecule has 2 aliphatic heterocycles. The van der Waals surface area contributed by atoms with E-state index in [-0.39, 0.29) is 11.7 Å². The van der Waals surface area contributed by atoms with E-state index in [1.165, 1.54) is 0 Å². The first-order chi connectivity index (χ1) is 15.1. The predicted octanol–water partition coefficient (Wildman–Crippen LogP) is 2.04. The first-order valence-electron chi connectivity index (χ1n) is 11.7. The molecule has 2 heterocycles. The van der Waals surface area contributed by atoms with Crippen molar-refractivity contribution in [2.75, 3.05) is 63.8 Å². The van der Waals surface area contributed by atoms with Crippen molar-refractivity contribution in [1.82, 2.24) is 20.4 Å². The highest BCUT2D eigenvalue weighted by Gasteiger charge is 2.19. The van der Waals surface area contributed by atoms with Gasteiger partial charge in [0.1, 0.15) is 5.82 Å². The largest absolute Gasteiger partial charge is 0.367 e. The Morgan fingerprint density at radius 2 is 1.94 bits per heavy atom. The van der Waals surface area contributed by atoms with Crippen LogP contribution in [0.25, 0.3) is 0 Å². The first kappa shape index (κ1) is 23.3. The van der Waals surface area contributed by atoms with Crippen LogP contribution in [0.2, 0.25) is 0 Å². The third-order valence-electron chi connectivity index (χ3n) is 6.00. The molecule has 0 atom stereocenters. The molecule has 0 bridgehead atoms. The lowest BCUT2D eigenvalue weighted by atomic mass is 10.1. The average Bonchev–Trinajstić information content (AvgIpc) is 3.19. The molecule has 2 saturated heterocycles. The molecule has 7 nitrogen and oxygen atoms in total. The van der Waals surface area contributed by atoms with Crippen LogP contribution in [0, 0.1) is 5.82 Å². The van der Waals surface area contributed by atoms with Gasteiger partial charge in [0.05, 0.1) is 12.2 Å². The van der Waals surface area contributed by atoms with Gasteiger partial charge in [0.2, 0.25) is 5.91 Å². The summed E-state index contributed by atoms with van der Waals surface area (Å²) in [5.41, 5.74) is 1.54. The molecule has 1 aromatic carbocycles. The van der Waals surface area contributed by atoms with E-state index in [1.807, 2.05) is 24.0 Å².